The summed E-state index contributed by atoms with van der Waals surface area (Å²) in [6.07, 6.45) is 0. The number of non-ortho nitro benzene ring substituents is 1. The second kappa shape index (κ2) is 5.60. The number of nitrogens with zero attached hydrogens (tertiary/aromatic N) is 1. The molecule has 0 saturated heterocycles. The first kappa shape index (κ1) is 11.8. The van der Waals surface area contributed by atoms with E-state index in [2.05, 4.69) is 0 Å². The second-order valence-corrected chi connectivity index (χ2v) is 3.79. The topological polar surface area (TPSA) is 70.8 Å². The van der Waals surface area contributed by atoms with Gasteiger partial charge in [0, 0.05) is 26.4 Å². The molecule has 0 N–H and O–H groups in total. The number of hydrogen-bond acceptors (Lipinski definition) is 5. The number of nitro groups is 1. The van der Waals surface area contributed by atoms with Crippen LogP contribution in [0, 0.1) is 10.1 Å². The van der Waals surface area contributed by atoms with Crippen LogP contribution in [0.2, 0.25) is 0 Å². The molecule has 0 fully saturated rings. The van der Waals surface area contributed by atoms with E-state index in [1.165, 1.54) is 38.5 Å². The third kappa shape index (κ3) is 3.43. The van der Waals surface area contributed by atoms with Crippen LogP contribution >= 0.6 is 8.60 Å². The third-order valence-electron chi connectivity index (χ3n) is 1.53. The minimum Gasteiger partial charge on any atom is -0.427 e. The van der Waals surface area contributed by atoms with Crippen LogP contribution in [0.5, 0.6) is 5.75 Å². The van der Waals surface area contributed by atoms with Crippen LogP contribution in [0.4, 0.5) is 5.69 Å². The van der Waals surface area contributed by atoms with E-state index >= 15 is 0 Å². The summed E-state index contributed by atoms with van der Waals surface area (Å²) >= 11 is 0. The zero-order valence-corrected chi connectivity index (χ0v) is 9.14. The highest BCUT2D eigenvalue weighted by Gasteiger charge is 2.11. The molecule has 0 unspecified atom stereocenters. The van der Waals surface area contributed by atoms with Crippen molar-refractivity contribution in [2.75, 3.05) is 14.2 Å². The SMILES string of the molecule is COP(OC)Oc1ccc([N+](=O)[O-])cc1. The Labute approximate surface area is 87.9 Å². The number of benzene rings is 1. The van der Waals surface area contributed by atoms with E-state index in [9.17, 15) is 10.1 Å². The monoisotopic (exact) mass is 231 g/mol. The van der Waals surface area contributed by atoms with Crippen molar-refractivity contribution in [3.63, 3.8) is 0 Å². The fraction of sp³-hybridized carbons (Fsp3) is 0.250. The molecule has 15 heavy (non-hydrogen) atoms. The molecule has 7 heteroatoms. The molecule has 0 amide bonds. The Balaban J connectivity index is 2.67. The van der Waals surface area contributed by atoms with E-state index in [0.29, 0.717) is 5.75 Å². The number of nitro benzene ring substituents is 1. The standard InChI is InChI=1S/C8H10NO5P/c1-12-15(13-2)14-8-5-3-7(4-6-8)9(10)11/h3-6H,1-2H3. The van der Waals surface area contributed by atoms with Crippen molar-refractivity contribution in [2.45, 2.75) is 0 Å². The molecule has 0 atom stereocenters. The van der Waals surface area contributed by atoms with E-state index in [0.717, 1.165) is 0 Å². The van der Waals surface area contributed by atoms with Crippen molar-refractivity contribution in [3.05, 3.63) is 34.4 Å². The number of hydrogen-bond donors (Lipinski definition) is 0. The predicted octanol–water partition coefficient (Wildman–Crippen LogP) is 2.49. The van der Waals surface area contributed by atoms with E-state index in [-0.39, 0.29) is 5.69 Å². The lowest BCUT2D eigenvalue weighted by atomic mass is 10.3. The van der Waals surface area contributed by atoms with Gasteiger partial charge in [-0.2, -0.15) is 0 Å². The zero-order chi connectivity index (χ0) is 11.3. The van der Waals surface area contributed by atoms with Crippen molar-refractivity contribution in [2.24, 2.45) is 0 Å². The molecule has 1 rings (SSSR count). The summed E-state index contributed by atoms with van der Waals surface area (Å²) in [5, 5.41) is 10.4. The van der Waals surface area contributed by atoms with Gasteiger partial charge in [0.1, 0.15) is 5.75 Å². The van der Waals surface area contributed by atoms with Crippen LogP contribution in [0.3, 0.4) is 0 Å². The van der Waals surface area contributed by atoms with E-state index in [4.69, 9.17) is 13.6 Å². The van der Waals surface area contributed by atoms with Crippen LogP contribution in [0.15, 0.2) is 24.3 Å². The van der Waals surface area contributed by atoms with Crippen LogP contribution < -0.4 is 4.52 Å². The van der Waals surface area contributed by atoms with Gasteiger partial charge >= 0.3 is 8.60 Å². The fourth-order valence-corrected chi connectivity index (χ4v) is 1.46. The van der Waals surface area contributed by atoms with E-state index in [1.54, 1.807) is 0 Å². The van der Waals surface area contributed by atoms with Crippen molar-refractivity contribution >= 4 is 14.3 Å². The smallest absolute Gasteiger partial charge is 0.396 e. The van der Waals surface area contributed by atoms with Gasteiger partial charge in [0.25, 0.3) is 5.69 Å². The maximum absolute atomic E-state index is 10.4. The van der Waals surface area contributed by atoms with Gasteiger partial charge in [-0.3, -0.25) is 10.1 Å². The lowest BCUT2D eigenvalue weighted by Gasteiger charge is -2.11. The minimum absolute atomic E-state index is 0.0153. The molecule has 0 aliphatic heterocycles. The summed E-state index contributed by atoms with van der Waals surface area (Å²) in [4.78, 5) is 9.89. The summed E-state index contributed by atoms with van der Waals surface area (Å²) in [6, 6.07) is 5.69. The quantitative estimate of drug-likeness (QED) is 0.442. The second-order valence-electron chi connectivity index (χ2n) is 2.43. The lowest BCUT2D eigenvalue weighted by molar-refractivity contribution is -0.384. The molecule has 0 bridgehead atoms. The summed E-state index contributed by atoms with van der Waals surface area (Å²) in [7, 11) is 1.49. The molecule has 82 valence electrons. The van der Waals surface area contributed by atoms with Crippen molar-refractivity contribution < 1.29 is 18.5 Å². The van der Waals surface area contributed by atoms with E-state index in [1.807, 2.05) is 0 Å². The summed E-state index contributed by atoms with van der Waals surface area (Å²) < 4.78 is 15.0. The highest BCUT2D eigenvalue weighted by atomic mass is 31.2. The van der Waals surface area contributed by atoms with Gasteiger partial charge in [0.15, 0.2) is 0 Å². The summed E-state index contributed by atoms with van der Waals surface area (Å²) in [6.45, 7) is 0. The first-order valence-electron chi connectivity index (χ1n) is 3.98. The van der Waals surface area contributed by atoms with Crippen molar-refractivity contribution in [1.82, 2.24) is 0 Å². The first-order valence-corrected chi connectivity index (χ1v) is 5.07. The molecule has 1 aromatic rings. The first-order chi connectivity index (χ1) is 7.17. The highest BCUT2D eigenvalue weighted by Crippen LogP contribution is 2.38. The largest absolute Gasteiger partial charge is 0.427 e. The molecule has 0 saturated carbocycles. The molecule has 0 radical (unpaired) electrons. The normalized spacial score (nSPS) is 10.3. The Morgan fingerprint density at radius 3 is 2.13 bits per heavy atom. The molecule has 0 heterocycles. The van der Waals surface area contributed by atoms with Gasteiger partial charge in [-0.05, 0) is 12.1 Å². The van der Waals surface area contributed by atoms with Gasteiger partial charge in [-0.15, -0.1) is 0 Å². The van der Waals surface area contributed by atoms with Gasteiger partial charge in [-0.1, -0.05) is 0 Å². The molecular formula is C8H10NO5P. The fourth-order valence-electron chi connectivity index (χ4n) is 0.864. The molecular weight excluding hydrogens is 221 g/mol. The molecule has 0 aromatic heterocycles. The summed E-state index contributed by atoms with van der Waals surface area (Å²) in [5.74, 6) is 0.468. The van der Waals surface area contributed by atoms with Gasteiger partial charge < -0.3 is 13.6 Å². The third-order valence-corrected chi connectivity index (χ3v) is 2.48. The predicted molar refractivity (Wildman–Crippen MR) is 54.7 cm³/mol. The highest BCUT2D eigenvalue weighted by molar-refractivity contribution is 7.42. The Hall–Kier alpha value is -1.23. The van der Waals surface area contributed by atoms with Gasteiger partial charge in [0.05, 0.1) is 4.92 Å². The molecule has 0 spiro atoms. The Morgan fingerprint density at radius 2 is 1.73 bits per heavy atom. The Morgan fingerprint density at radius 1 is 1.20 bits per heavy atom. The van der Waals surface area contributed by atoms with Crippen LogP contribution in [0.25, 0.3) is 0 Å². The average molecular weight is 231 g/mol. The summed E-state index contributed by atoms with van der Waals surface area (Å²) in [5.41, 5.74) is 0.0153. The van der Waals surface area contributed by atoms with Crippen LogP contribution in [-0.2, 0) is 9.05 Å². The Kier molecular flexibility index (Phi) is 4.42. The Bertz CT molecular complexity index is 324. The molecule has 6 nitrogen and oxygen atoms in total. The van der Waals surface area contributed by atoms with Crippen molar-refractivity contribution in [3.8, 4) is 5.75 Å². The van der Waals surface area contributed by atoms with Crippen LogP contribution in [-0.4, -0.2) is 19.1 Å². The average Bonchev–Trinajstić information content (AvgIpc) is 2.26. The molecule has 1 aromatic carbocycles. The minimum atomic E-state index is -1.43. The molecule has 0 aliphatic rings. The van der Waals surface area contributed by atoms with Crippen molar-refractivity contribution in [1.29, 1.82) is 0 Å². The zero-order valence-electron chi connectivity index (χ0n) is 8.25. The van der Waals surface area contributed by atoms with Gasteiger partial charge in [0.2, 0.25) is 0 Å². The van der Waals surface area contributed by atoms with Crippen LogP contribution in [0.1, 0.15) is 0 Å². The maximum Gasteiger partial charge on any atom is 0.396 e. The molecule has 0 aliphatic carbocycles. The van der Waals surface area contributed by atoms with Gasteiger partial charge in [-0.25, -0.2) is 0 Å². The maximum atomic E-state index is 10.4. The number of rotatable bonds is 5. The lowest BCUT2D eigenvalue weighted by Crippen LogP contribution is -1.92. The van der Waals surface area contributed by atoms with E-state index < -0.39 is 13.5 Å².